The second-order valence-corrected chi connectivity index (χ2v) is 7.16. The van der Waals surface area contributed by atoms with E-state index in [1.807, 2.05) is 42.5 Å². The number of rotatable bonds is 4. The molecule has 27 heavy (non-hydrogen) atoms. The zero-order valence-electron chi connectivity index (χ0n) is 15.2. The lowest BCUT2D eigenvalue weighted by Gasteiger charge is -2.37. The third-order valence-electron chi connectivity index (χ3n) is 4.52. The van der Waals surface area contributed by atoms with Gasteiger partial charge in [0.15, 0.2) is 5.11 Å². The summed E-state index contributed by atoms with van der Waals surface area (Å²) < 4.78 is 4.68. The highest BCUT2D eigenvalue weighted by Gasteiger charge is 2.19. The van der Waals surface area contributed by atoms with Gasteiger partial charge in [-0.05, 0) is 48.1 Å². The summed E-state index contributed by atoms with van der Waals surface area (Å²) in [5.41, 5.74) is 2.96. The highest BCUT2D eigenvalue weighted by atomic mass is 35.5. The van der Waals surface area contributed by atoms with E-state index in [0.29, 0.717) is 5.11 Å². The topological polar surface area (TPSA) is 44.8 Å². The van der Waals surface area contributed by atoms with Crippen molar-refractivity contribution in [2.24, 2.45) is 0 Å². The fourth-order valence-electron chi connectivity index (χ4n) is 2.99. The minimum Gasteiger partial charge on any atom is -0.469 e. The van der Waals surface area contributed by atoms with Crippen LogP contribution in [0, 0.1) is 0 Å². The van der Waals surface area contributed by atoms with Gasteiger partial charge in [0.05, 0.1) is 13.5 Å². The maximum Gasteiger partial charge on any atom is 0.309 e. The molecule has 1 saturated heterocycles. The first-order valence-corrected chi connectivity index (χ1v) is 9.56. The molecule has 0 aromatic heterocycles. The molecule has 0 aliphatic carbocycles. The van der Waals surface area contributed by atoms with Crippen molar-refractivity contribution < 1.29 is 9.53 Å². The first-order valence-electron chi connectivity index (χ1n) is 8.77. The maximum atomic E-state index is 11.3. The summed E-state index contributed by atoms with van der Waals surface area (Å²) in [6.45, 7) is 3.47. The van der Waals surface area contributed by atoms with Crippen molar-refractivity contribution in [3.05, 3.63) is 59.1 Å². The number of hydrogen-bond acceptors (Lipinski definition) is 4. The third-order valence-corrected chi connectivity index (χ3v) is 5.12. The van der Waals surface area contributed by atoms with Crippen LogP contribution in [-0.2, 0) is 16.0 Å². The standard InChI is InChI=1S/C20H22ClN3O2S/c1-26-19(25)13-15-5-7-17(8-6-15)22-20(27)24-11-9-23(10-12-24)18-4-2-3-16(21)14-18/h2-8,14H,9-13H2,1H3,(H,22,27). The molecule has 0 radical (unpaired) electrons. The second kappa shape index (κ2) is 9.06. The lowest BCUT2D eigenvalue weighted by molar-refractivity contribution is -0.139. The first kappa shape index (κ1) is 19.5. The zero-order chi connectivity index (χ0) is 19.2. The van der Waals surface area contributed by atoms with E-state index in [2.05, 4.69) is 25.9 Å². The number of nitrogens with zero attached hydrogens (tertiary/aromatic N) is 2. The number of piperazine rings is 1. The molecule has 1 fully saturated rings. The third kappa shape index (κ3) is 5.34. The Labute approximate surface area is 169 Å². The summed E-state index contributed by atoms with van der Waals surface area (Å²) in [5, 5.41) is 4.73. The lowest BCUT2D eigenvalue weighted by atomic mass is 10.1. The summed E-state index contributed by atoms with van der Waals surface area (Å²) in [5.74, 6) is -0.246. The number of carbonyl (C=O) groups excluding carboxylic acids is 1. The van der Waals surface area contributed by atoms with Crippen LogP contribution >= 0.6 is 23.8 Å². The Morgan fingerprint density at radius 1 is 1.15 bits per heavy atom. The van der Waals surface area contributed by atoms with Crippen molar-refractivity contribution in [1.29, 1.82) is 0 Å². The van der Waals surface area contributed by atoms with E-state index in [1.54, 1.807) is 0 Å². The van der Waals surface area contributed by atoms with Gasteiger partial charge in [0, 0.05) is 42.6 Å². The van der Waals surface area contributed by atoms with E-state index in [1.165, 1.54) is 7.11 Å². The minimum atomic E-state index is -0.246. The van der Waals surface area contributed by atoms with Gasteiger partial charge < -0.3 is 19.9 Å². The quantitative estimate of drug-likeness (QED) is 0.622. The van der Waals surface area contributed by atoms with Crippen LogP contribution in [0.2, 0.25) is 5.02 Å². The van der Waals surface area contributed by atoms with Crippen molar-refractivity contribution >= 4 is 46.3 Å². The molecular weight excluding hydrogens is 382 g/mol. The Bertz CT molecular complexity index is 805. The van der Waals surface area contributed by atoms with E-state index in [9.17, 15) is 4.79 Å². The van der Waals surface area contributed by atoms with Gasteiger partial charge in [-0.3, -0.25) is 4.79 Å². The molecule has 1 heterocycles. The summed E-state index contributed by atoms with van der Waals surface area (Å²) in [6, 6.07) is 15.6. The van der Waals surface area contributed by atoms with Gasteiger partial charge in [-0.1, -0.05) is 29.8 Å². The predicted molar refractivity (Wildman–Crippen MR) is 114 cm³/mol. The number of halogens is 1. The molecule has 142 valence electrons. The van der Waals surface area contributed by atoms with Gasteiger partial charge >= 0.3 is 5.97 Å². The molecule has 3 rings (SSSR count). The smallest absolute Gasteiger partial charge is 0.309 e. The van der Waals surface area contributed by atoms with Gasteiger partial charge in [-0.15, -0.1) is 0 Å². The van der Waals surface area contributed by atoms with Gasteiger partial charge in [-0.25, -0.2) is 0 Å². The molecule has 5 nitrogen and oxygen atoms in total. The highest BCUT2D eigenvalue weighted by molar-refractivity contribution is 7.80. The van der Waals surface area contributed by atoms with Crippen LogP contribution in [0.4, 0.5) is 11.4 Å². The molecule has 7 heteroatoms. The molecule has 0 amide bonds. The molecular formula is C20H22ClN3O2S. The fraction of sp³-hybridized carbons (Fsp3) is 0.300. The molecule has 1 aliphatic rings. The first-order chi connectivity index (χ1) is 13.0. The summed E-state index contributed by atoms with van der Waals surface area (Å²) in [6.07, 6.45) is 0.271. The minimum absolute atomic E-state index is 0.246. The van der Waals surface area contributed by atoms with Crippen molar-refractivity contribution in [2.45, 2.75) is 6.42 Å². The maximum absolute atomic E-state index is 11.3. The zero-order valence-corrected chi connectivity index (χ0v) is 16.7. The Morgan fingerprint density at radius 3 is 2.48 bits per heavy atom. The molecule has 1 aliphatic heterocycles. The Hall–Kier alpha value is -2.31. The normalized spacial score (nSPS) is 14.0. The molecule has 2 aromatic carbocycles. The second-order valence-electron chi connectivity index (χ2n) is 6.33. The Morgan fingerprint density at radius 2 is 1.85 bits per heavy atom. The highest BCUT2D eigenvalue weighted by Crippen LogP contribution is 2.21. The van der Waals surface area contributed by atoms with Crippen molar-refractivity contribution in [2.75, 3.05) is 43.5 Å². The van der Waals surface area contributed by atoms with Crippen LogP contribution in [0.25, 0.3) is 0 Å². The van der Waals surface area contributed by atoms with Crippen molar-refractivity contribution in [3.63, 3.8) is 0 Å². The van der Waals surface area contributed by atoms with Gasteiger partial charge in [0.25, 0.3) is 0 Å². The van der Waals surface area contributed by atoms with Crippen LogP contribution in [0.15, 0.2) is 48.5 Å². The molecule has 1 N–H and O–H groups in total. The molecule has 2 aromatic rings. The van der Waals surface area contributed by atoms with Crippen LogP contribution in [-0.4, -0.2) is 49.3 Å². The van der Waals surface area contributed by atoms with E-state index in [4.69, 9.17) is 23.8 Å². The average Bonchev–Trinajstić information content (AvgIpc) is 2.69. The number of anilines is 2. The number of carbonyl (C=O) groups is 1. The molecule has 0 unspecified atom stereocenters. The van der Waals surface area contributed by atoms with E-state index >= 15 is 0 Å². The van der Waals surface area contributed by atoms with E-state index in [0.717, 1.165) is 48.1 Å². The monoisotopic (exact) mass is 403 g/mol. The van der Waals surface area contributed by atoms with E-state index in [-0.39, 0.29) is 12.4 Å². The number of benzene rings is 2. The van der Waals surface area contributed by atoms with E-state index < -0.39 is 0 Å². The number of ether oxygens (including phenoxy) is 1. The van der Waals surface area contributed by atoms with Gasteiger partial charge in [0.2, 0.25) is 0 Å². The summed E-state index contributed by atoms with van der Waals surface area (Å²) in [7, 11) is 1.39. The summed E-state index contributed by atoms with van der Waals surface area (Å²) in [4.78, 5) is 15.8. The molecule has 0 spiro atoms. The van der Waals surface area contributed by atoms with Gasteiger partial charge in [-0.2, -0.15) is 0 Å². The van der Waals surface area contributed by atoms with Crippen LogP contribution in [0.1, 0.15) is 5.56 Å². The predicted octanol–water partition coefficient (Wildman–Crippen LogP) is 3.57. The lowest BCUT2D eigenvalue weighted by Crippen LogP contribution is -2.50. The number of esters is 1. The molecule has 0 saturated carbocycles. The molecule has 0 bridgehead atoms. The van der Waals surface area contributed by atoms with Crippen molar-refractivity contribution in [3.8, 4) is 0 Å². The van der Waals surface area contributed by atoms with Crippen LogP contribution in [0.3, 0.4) is 0 Å². The number of thiocarbonyl (C=S) groups is 1. The number of hydrogen-bond donors (Lipinski definition) is 1. The SMILES string of the molecule is COC(=O)Cc1ccc(NC(=S)N2CCN(c3cccc(Cl)c3)CC2)cc1. The van der Waals surface area contributed by atoms with Crippen LogP contribution < -0.4 is 10.2 Å². The van der Waals surface area contributed by atoms with Gasteiger partial charge in [0.1, 0.15) is 0 Å². The number of nitrogens with one attached hydrogen (secondary N) is 1. The molecule has 0 atom stereocenters. The Kier molecular flexibility index (Phi) is 6.53. The summed E-state index contributed by atoms with van der Waals surface area (Å²) >= 11 is 11.6. The Balaban J connectivity index is 1.51. The van der Waals surface area contributed by atoms with Crippen molar-refractivity contribution in [1.82, 2.24) is 4.90 Å². The van der Waals surface area contributed by atoms with Crippen LogP contribution in [0.5, 0.6) is 0 Å². The average molecular weight is 404 g/mol. The fourth-order valence-corrected chi connectivity index (χ4v) is 3.47. The number of methoxy groups -OCH3 is 1. The largest absolute Gasteiger partial charge is 0.469 e.